The number of rotatable bonds is 3. The maximum absolute atomic E-state index is 12.8. The molecule has 15 heavy (non-hydrogen) atoms. The molecule has 0 spiro atoms. The van der Waals surface area contributed by atoms with E-state index in [0.717, 1.165) is 0 Å². The standard InChI is InChI=1S/C12H15F3/c1-3-9(2)11(12(13,14)15)10-7-5-4-6-8-10/h4-9,11H,3H2,1-2H3. The zero-order valence-corrected chi connectivity index (χ0v) is 8.88. The summed E-state index contributed by atoms with van der Waals surface area (Å²) < 4.78 is 38.5. The Labute approximate surface area is 88.1 Å². The van der Waals surface area contributed by atoms with E-state index in [9.17, 15) is 13.2 Å². The van der Waals surface area contributed by atoms with Crippen molar-refractivity contribution < 1.29 is 13.2 Å². The third-order valence-electron chi connectivity index (χ3n) is 2.72. The first-order valence-corrected chi connectivity index (χ1v) is 5.08. The summed E-state index contributed by atoms with van der Waals surface area (Å²) in [4.78, 5) is 0. The number of hydrogen-bond acceptors (Lipinski definition) is 0. The van der Waals surface area contributed by atoms with Crippen molar-refractivity contribution in [2.75, 3.05) is 0 Å². The Hall–Kier alpha value is -0.990. The molecule has 2 atom stereocenters. The van der Waals surface area contributed by atoms with Crippen LogP contribution in [0.2, 0.25) is 0 Å². The second kappa shape index (κ2) is 4.69. The number of alkyl halides is 3. The van der Waals surface area contributed by atoms with Crippen molar-refractivity contribution in [2.24, 2.45) is 5.92 Å². The van der Waals surface area contributed by atoms with E-state index in [2.05, 4.69) is 0 Å². The first-order valence-electron chi connectivity index (χ1n) is 5.08. The fraction of sp³-hybridized carbons (Fsp3) is 0.500. The number of hydrogen-bond donors (Lipinski definition) is 0. The van der Waals surface area contributed by atoms with Gasteiger partial charge in [0.25, 0.3) is 0 Å². The van der Waals surface area contributed by atoms with Gasteiger partial charge in [0.05, 0.1) is 5.92 Å². The van der Waals surface area contributed by atoms with Gasteiger partial charge in [-0.1, -0.05) is 50.6 Å². The molecule has 3 heteroatoms. The van der Waals surface area contributed by atoms with E-state index in [1.165, 1.54) is 0 Å². The molecule has 0 aromatic heterocycles. The largest absolute Gasteiger partial charge is 0.395 e. The molecule has 0 heterocycles. The third kappa shape index (κ3) is 2.98. The van der Waals surface area contributed by atoms with E-state index >= 15 is 0 Å². The van der Waals surface area contributed by atoms with Crippen molar-refractivity contribution in [3.8, 4) is 0 Å². The van der Waals surface area contributed by atoms with Crippen LogP contribution in [0, 0.1) is 5.92 Å². The number of halogens is 3. The Bertz CT molecular complexity index is 289. The summed E-state index contributed by atoms with van der Waals surface area (Å²) in [6.07, 6.45) is -3.63. The maximum Gasteiger partial charge on any atom is 0.395 e. The summed E-state index contributed by atoms with van der Waals surface area (Å²) in [6, 6.07) is 8.12. The van der Waals surface area contributed by atoms with Gasteiger partial charge in [-0.2, -0.15) is 13.2 Å². The van der Waals surface area contributed by atoms with Crippen LogP contribution in [0.4, 0.5) is 13.2 Å². The van der Waals surface area contributed by atoms with E-state index in [1.807, 2.05) is 0 Å². The topological polar surface area (TPSA) is 0 Å². The average Bonchev–Trinajstić information content (AvgIpc) is 2.17. The first-order chi connectivity index (χ1) is 6.96. The first kappa shape index (κ1) is 12.1. The van der Waals surface area contributed by atoms with Crippen molar-refractivity contribution in [2.45, 2.75) is 32.4 Å². The summed E-state index contributed by atoms with van der Waals surface area (Å²) in [6.45, 7) is 3.43. The summed E-state index contributed by atoms with van der Waals surface area (Å²) in [7, 11) is 0. The molecule has 0 bridgehead atoms. The van der Waals surface area contributed by atoms with Gasteiger partial charge >= 0.3 is 6.18 Å². The van der Waals surface area contributed by atoms with Gasteiger partial charge in [-0.05, 0) is 11.5 Å². The minimum Gasteiger partial charge on any atom is -0.170 e. The Morgan fingerprint density at radius 2 is 1.67 bits per heavy atom. The van der Waals surface area contributed by atoms with Crippen LogP contribution in [0.3, 0.4) is 0 Å². The molecule has 0 radical (unpaired) electrons. The second-order valence-corrected chi connectivity index (χ2v) is 3.82. The van der Waals surface area contributed by atoms with Gasteiger partial charge in [0, 0.05) is 0 Å². The van der Waals surface area contributed by atoms with Crippen molar-refractivity contribution in [1.82, 2.24) is 0 Å². The molecule has 84 valence electrons. The normalized spacial score (nSPS) is 16.1. The maximum atomic E-state index is 12.8. The Balaban J connectivity index is 3.02. The van der Waals surface area contributed by atoms with Crippen LogP contribution in [0.25, 0.3) is 0 Å². The predicted octanol–water partition coefficient (Wildman–Crippen LogP) is 4.38. The van der Waals surface area contributed by atoms with Gasteiger partial charge < -0.3 is 0 Å². The van der Waals surface area contributed by atoms with E-state index in [1.54, 1.807) is 44.2 Å². The van der Waals surface area contributed by atoms with Gasteiger partial charge in [0.2, 0.25) is 0 Å². The van der Waals surface area contributed by atoms with Gasteiger partial charge in [-0.25, -0.2) is 0 Å². The molecular weight excluding hydrogens is 201 g/mol. The molecular formula is C12H15F3. The van der Waals surface area contributed by atoms with Gasteiger partial charge in [-0.15, -0.1) is 0 Å². The highest BCUT2D eigenvalue weighted by Gasteiger charge is 2.43. The third-order valence-corrected chi connectivity index (χ3v) is 2.72. The summed E-state index contributed by atoms with van der Waals surface area (Å²) in [5, 5.41) is 0. The Morgan fingerprint density at radius 3 is 2.07 bits per heavy atom. The van der Waals surface area contributed by atoms with Crippen LogP contribution in [0.1, 0.15) is 31.7 Å². The Morgan fingerprint density at radius 1 is 1.13 bits per heavy atom. The van der Waals surface area contributed by atoms with Crippen LogP contribution in [-0.4, -0.2) is 6.18 Å². The highest BCUT2D eigenvalue weighted by Crippen LogP contribution is 2.41. The molecule has 0 aliphatic heterocycles. The Kier molecular flexibility index (Phi) is 3.77. The predicted molar refractivity (Wildman–Crippen MR) is 54.7 cm³/mol. The molecule has 0 fully saturated rings. The molecule has 0 amide bonds. The molecule has 1 aromatic carbocycles. The van der Waals surface area contributed by atoms with Crippen LogP contribution in [-0.2, 0) is 0 Å². The lowest BCUT2D eigenvalue weighted by atomic mass is 9.85. The lowest BCUT2D eigenvalue weighted by Crippen LogP contribution is -2.26. The minimum atomic E-state index is -4.16. The monoisotopic (exact) mass is 216 g/mol. The molecule has 0 nitrogen and oxygen atoms in total. The van der Waals surface area contributed by atoms with Crippen LogP contribution >= 0.6 is 0 Å². The molecule has 2 unspecified atom stereocenters. The molecule has 1 aromatic rings. The quantitative estimate of drug-likeness (QED) is 0.703. The molecule has 0 N–H and O–H groups in total. The second-order valence-electron chi connectivity index (χ2n) is 3.82. The number of benzene rings is 1. The lowest BCUT2D eigenvalue weighted by molar-refractivity contribution is -0.161. The zero-order chi connectivity index (χ0) is 11.5. The highest BCUT2D eigenvalue weighted by molar-refractivity contribution is 5.21. The molecule has 1 rings (SSSR count). The molecule has 0 saturated carbocycles. The van der Waals surface area contributed by atoms with Gasteiger partial charge in [-0.3, -0.25) is 0 Å². The smallest absolute Gasteiger partial charge is 0.170 e. The minimum absolute atomic E-state index is 0.361. The fourth-order valence-corrected chi connectivity index (χ4v) is 1.74. The van der Waals surface area contributed by atoms with Crippen LogP contribution in [0.15, 0.2) is 30.3 Å². The average molecular weight is 216 g/mol. The van der Waals surface area contributed by atoms with Crippen LogP contribution < -0.4 is 0 Å². The van der Waals surface area contributed by atoms with Crippen molar-refractivity contribution in [3.05, 3.63) is 35.9 Å². The van der Waals surface area contributed by atoms with Crippen molar-refractivity contribution in [3.63, 3.8) is 0 Å². The van der Waals surface area contributed by atoms with Crippen LogP contribution in [0.5, 0.6) is 0 Å². The van der Waals surface area contributed by atoms with Crippen molar-refractivity contribution >= 4 is 0 Å². The molecule has 0 aliphatic carbocycles. The zero-order valence-electron chi connectivity index (χ0n) is 8.88. The SMILES string of the molecule is CCC(C)C(c1ccccc1)C(F)(F)F. The van der Waals surface area contributed by atoms with Gasteiger partial charge in [0.1, 0.15) is 0 Å². The van der Waals surface area contributed by atoms with E-state index in [-0.39, 0.29) is 5.92 Å². The molecule has 0 saturated heterocycles. The summed E-state index contributed by atoms with van der Waals surface area (Å²) in [5.41, 5.74) is 0.361. The van der Waals surface area contributed by atoms with E-state index in [4.69, 9.17) is 0 Å². The lowest BCUT2D eigenvalue weighted by Gasteiger charge is -2.25. The summed E-state index contributed by atoms with van der Waals surface area (Å²) >= 11 is 0. The van der Waals surface area contributed by atoms with E-state index < -0.39 is 12.1 Å². The fourth-order valence-electron chi connectivity index (χ4n) is 1.74. The van der Waals surface area contributed by atoms with Gasteiger partial charge in [0.15, 0.2) is 0 Å². The highest BCUT2D eigenvalue weighted by atomic mass is 19.4. The summed E-state index contributed by atoms with van der Waals surface area (Å²) in [5.74, 6) is -1.73. The van der Waals surface area contributed by atoms with E-state index in [0.29, 0.717) is 12.0 Å². The molecule has 0 aliphatic rings. The van der Waals surface area contributed by atoms with Crippen molar-refractivity contribution in [1.29, 1.82) is 0 Å².